The number of amides is 1. The van der Waals surface area contributed by atoms with Gasteiger partial charge in [0.1, 0.15) is 0 Å². The molecule has 0 aromatic carbocycles. The lowest BCUT2D eigenvalue weighted by Gasteiger charge is -2.35. The van der Waals surface area contributed by atoms with Gasteiger partial charge in [-0.2, -0.15) is 0 Å². The number of hydrogen-bond acceptors (Lipinski definition) is 4. The molecule has 1 amide bonds. The van der Waals surface area contributed by atoms with Crippen molar-refractivity contribution < 1.29 is 14.3 Å². The Morgan fingerprint density at radius 1 is 1.11 bits per heavy atom. The average Bonchev–Trinajstić information content (AvgIpc) is 2.98. The number of carbonyl (C=O) groups is 2. The Balaban J connectivity index is 1.69. The summed E-state index contributed by atoms with van der Waals surface area (Å²) in [4.78, 5) is 27.6. The predicted octanol–water partition coefficient (Wildman–Crippen LogP) is 0.884. The first-order valence-electron chi connectivity index (χ1n) is 7.28. The van der Waals surface area contributed by atoms with Crippen LogP contribution in [0.1, 0.15) is 32.1 Å². The third kappa shape index (κ3) is 3.93. The Kier molecular flexibility index (Phi) is 5.19. The molecule has 19 heavy (non-hydrogen) atoms. The van der Waals surface area contributed by atoms with E-state index in [9.17, 15) is 9.59 Å². The van der Waals surface area contributed by atoms with Crippen molar-refractivity contribution in [2.45, 2.75) is 32.1 Å². The monoisotopic (exact) mass is 268 g/mol. The van der Waals surface area contributed by atoms with Gasteiger partial charge in [-0.05, 0) is 12.8 Å². The largest absolute Gasteiger partial charge is 0.469 e. The van der Waals surface area contributed by atoms with Gasteiger partial charge < -0.3 is 9.64 Å². The molecule has 2 aliphatic rings. The SMILES string of the molecule is COC(=O)CCN1CCN(C(=O)C2CCCC2)CC1. The van der Waals surface area contributed by atoms with Gasteiger partial charge in [-0.1, -0.05) is 12.8 Å². The summed E-state index contributed by atoms with van der Waals surface area (Å²) in [6.45, 7) is 4.08. The number of rotatable bonds is 4. The molecule has 2 fully saturated rings. The van der Waals surface area contributed by atoms with Gasteiger partial charge in [-0.25, -0.2) is 0 Å². The van der Waals surface area contributed by atoms with Gasteiger partial charge in [0, 0.05) is 38.6 Å². The van der Waals surface area contributed by atoms with Crippen molar-refractivity contribution in [3.63, 3.8) is 0 Å². The van der Waals surface area contributed by atoms with Crippen molar-refractivity contribution in [3.05, 3.63) is 0 Å². The fourth-order valence-corrected chi connectivity index (χ4v) is 2.97. The van der Waals surface area contributed by atoms with Gasteiger partial charge in [-0.15, -0.1) is 0 Å². The number of piperazine rings is 1. The van der Waals surface area contributed by atoms with E-state index in [1.807, 2.05) is 4.90 Å². The minimum absolute atomic E-state index is 0.163. The number of nitrogens with zero attached hydrogens (tertiary/aromatic N) is 2. The molecule has 0 N–H and O–H groups in total. The molecule has 1 saturated carbocycles. The Labute approximate surface area is 114 Å². The van der Waals surface area contributed by atoms with Crippen LogP contribution in [-0.4, -0.2) is 61.5 Å². The fourth-order valence-electron chi connectivity index (χ4n) is 2.97. The fraction of sp³-hybridized carbons (Fsp3) is 0.857. The molecule has 108 valence electrons. The zero-order valence-corrected chi connectivity index (χ0v) is 11.8. The zero-order valence-electron chi connectivity index (χ0n) is 11.8. The van der Waals surface area contributed by atoms with E-state index in [0.717, 1.165) is 45.6 Å². The molecule has 5 nitrogen and oxygen atoms in total. The van der Waals surface area contributed by atoms with Crippen LogP contribution in [0.2, 0.25) is 0 Å². The molecule has 1 aliphatic carbocycles. The molecular weight excluding hydrogens is 244 g/mol. The second-order valence-corrected chi connectivity index (χ2v) is 5.47. The first kappa shape index (κ1) is 14.3. The smallest absolute Gasteiger partial charge is 0.306 e. The summed E-state index contributed by atoms with van der Waals surface area (Å²) in [6, 6.07) is 0. The van der Waals surface area contributed by atoms with E-state index >= 15 is 0 Å². The van der Waals surface area contributed by atoms with Crippen LogP contribution in [0, 0.1) is 5.92 Å². The molecule has 0 spiro atoms. The van der Waals surface area contributed by atoms with Crippen LogP contribution in [0.5, 0.6) is 0 Å². The maximum atomic E-state index is 12.3. The third-order valence-corrected chi connectivity index (χ3v) is 4.25. The maximum absolute atomic E-state index is 12.3. The molecule has 0 unspecified atom stereocenters. The second kappa shape index (κ2) is 6.89. The van der Waals surface area contributed by atoms with Crippen LogP contribution in [-0.2, 0) is 14.3 Å². The van der Waals surface area contributed by atoms with E-state index in [0.29, 0.717) is 12.3 Å². The van der Waals surface area contributed by atoms with Crippen molar-refractivity contribution in [3.8, 4) is 0 Å². The van der Waals surface area contributed by atoms with E-state index in [-0.39, 0.29) is 11.9 Å². The Bertz CT molecular complexity index is 319. The number of methoxy groups -OCH3 is 1. The summed E-state index contributed by atoms with van der Waals surface area (Å²) in [7, 11) is 1.42. The standard InChI is InChI=1S/C14H24N2O3/c1-19-13(17)6-7-15-8-10-16(11-9-15)14(18)12-4-2-3-5-12/h12H,2-11H2,1H3. The molecule has 1 heterocycles. The van der Waals surface area contributed by atoms with Gasteiger partial charge in [0.25, 0.3) is 0 Å². The van der Waals surface area contributed by atoms with Gasteiger partial charge in [0.05, 0.1) is 13.5 Å². The molecule has 0 bridgehead atoms. The quantitative estimate of drug-likeness (QED) is 0.710. The highest BCUT2D eigenvalue weighted by atomic mass is 16.5. The van der Waals surface area contributed by atoms with Crippen LogP contribution in [0.3, 0.4) is 0 Å². The van der Waals surface area contributed by atoms with E-state index < -0.39 is 0 Å². The van der Waals surface area contributed by atoms with Crippen molar-refractivity contribution in [2.24, 2.45) is 5.92 Å². The molecule has 0 aromatic heterocycles. The lowest BCUT2D eigenvalue weighted by molar-refractivity contribution is -0.142. The predicted molar refractivity (Wildman–Crippen MR) is 71.6 cm³/mol. The Morgan fingerprint density at radius 2 is 1.74 bits per heavy atom. The van der Waals surface area contributed by atoms with Crippen molar-refractivity contribution >= 4 is 11.9 Å². The van der Waals surface area contributed by atoms with E-state index in [1.54, 1.807) is 0 Å². The number of esters is 1. The number of ether oxygens (including phenoxy) is 1. The summed E-state index contributed by atoms with van der Waals surface area (Å²) >= 11 is 0. The second-order valence-electron chi connectivity index (χ2n) is 5.47. The average molecular weight is 268 g/mol. The highest BCUT2D eigenvalue weighted by molar-refractivity contribution is 5.79. The van der Waals surface area contributed by atoms with Crippen LogP contribution in [0.25, 0.3) is 0 Å². The molecule has 2 rings (SSSR count). The van der Waals surface area contributed by atoms with Crippen LogP contribution in [0.15, 0.2) is 0 Å². The van der Waals surface area contributed by atoms with E-state index in [2.05, 4.69) is 9.64 Å². The summed E-state index contributed by atoms with van der Waals surface area (Å²) in [5, 5.41) is 0. The van der Waals surface area contributed by atoms with Gasteiger partial charge >= 0.3 is 5.97 Å². The van der Waals surface area contributed by atoms with Crippen molar-refractivity contribution in [1.82, 2.24) is 9.80 Å². The molecular formula is C14H24N2O3. The first-order valence-corrected chi connectivity index (χ1v) is 7.28. The molecule has 0 radical (unpaired) electrons. The summed E-state index contributed by atoms with van der Waals surface area (Å²) in [6.07, 6.45) is 4.99. The summed E-state index contributed by atoms with van der Waals surface area (Å²) in [5.41, 5.74) is 0. The summed E-state index contributed by atoms with van der Waals surface area (Å²) in [5.74, 6) is 0.469. The van der Waals surface area contributed by atoms with Gasteiger partial charge in [-0.3, -0.25) is 14.5 Å². The molecule has 1 aliphatic heterocycles. The highest BCUT2D eigenvalue weighted by Gasteiger charge is 2.29. The third-order valence-electron chi connectivity index (χ3n) is 4.25. The Morgan fingerprint density at radius 3 is 2.32 bits per heavy atom. The Hall–Kier alpha value is -1.10. The normalized spacial score (nSPS) is 21.6. The number of carbonyl (C=O) groups excluding carboxylic acids is 2. The maximum Gasteiger partial charge on any atom is 0.306 e. The van der Waals surface area contributed by atoms with Crippen LogP contribution < -0.4 is 0 Å². The van der Waals surface area contributed by atoms with Crippen molar-refractivity contribution in [1.29, 1.82) is 0 Å². The first-order chi connectivity index (χ1) is 9.20. The number of hydrogen-bond donors (Lipinski definition) is 0. The topological polar surface area (TPSA) is 49.9 Å². The van der Waals surface area contributed by atoms with Gasteiger partial charge in [0.15, 0.2) is 0 Å². The lowest BCUT2D eigenvalue weighted by Crippen LogP contribution is -2.50. The molecule has 5 heteroatoms. The van der Waals surface area contributed by atoms with E-state index in [4.69, 9.17) is 0 Å². The van der Waals surface area contributed by atoms with Crippen LogP contribution in [0.4, 0.5) is 0 Å². The molecule has 0 aromatic rings. The minimum atomic E-state index is -0.163. The minimum Gasteiger partial charge on any atom is -0.469 e. The van der Waals surface area contributed by atoms with E-state index in [1.165, 1.54) is 20.0 Å². The summed E-state index contributed by atoms with van der Waals surface area (Å²) < 4.78 is 4.64. The van der Waals surface area contributed by atoms with Crippen molar-refractivity contribution in [2.75, 3.05) is 39.8 Å². The van der Waals surface area contributed by atoms with Crippen LogP contribution >= 0.6 is 0 Å². The lowest BCUT2D eigenvalue weighted by atomic mass is 10.1. The molecule has 1 saturated heterocycles. The van der Waals surface area contributed by atoms with Gasteiger partial charge in [0.2, 0.25) is 5.91 Å². The highest BCUT2D eigenvalue weighted by Crippen LogP contribution is 2.26. The zero-order chi connectivity index (χ0) is 13.7. The molecule has 0 atom stereocenters.